The second-order valence-corrected chi connectivity index (χ2v) is 31.6. The Morgan fingerprint density at radius 3 is 0.789 bits per heavy atom. The van der Waals surface area contributed by atoms with E-state index in [-0.39, 0.29) is 21.1 Å². The molecule has 0 fully saturated rings. The summed E-state index contributed by atoms with van der Waals surface area (Å²) in [5.74, 6) is 0. The summed E-state index contributed by atoms with van der Waals surface area (Å²) in [6.07, 6.45) is 0. The van der Waals surface area contributed by atoms with Gasteiger partial charge < -0.3 is 0 Å². The monoisotopic (exact) mass is 503 g/mol. The number of rotatable bonds is 0. The summed E-state index contributed by atoms with van der Waals surface area (Å²) in [4.78, 5) is 0. The zero-order chi connectivity index (χ0) is 16.3. The molecular formula is C16H36ClSn2. The van der Waals surface area contributed by atoms with Crippen LogP contribution in [0.25, 0.3) is 0 Å². The van der Waals surface area contributed by atoms with Gasteiger partial charge in [-0.1, -0.05) is 0 Å². The van der Waals surface area contributed by atoms with Gasteiger partial charge in [-0.15, -0.1) is 0 Å². The van der Waals surface area contributed by atoms with Crippen LogP contribution in [-0.2, 0) is 0 Å². The average Bonchev–Trinajstić information content (AvgIpc) is 1.92. The van der Waals surface area contributed by atoms with Crippen LogP contribution >= 0.6 is 8.92 Å². The van der Waals surface area contributed by atoms with E-state index in [9.17, 15) is 0 Å². The molecule has 0 spiro atoms. The van der Waals surface area contributed by atoms with Crippen molar-refractivity contribution in [2.75, 3.05) is 0 Å². The minimum atomic E-state index is -1.66. The van der Waals surface area contributed by atoms with E-state index in [1.54, 1.807) is 0 Å². The van der Waals surface area contributed by atoms with Gasteiger partial charge in [0.05, 0.1) is 0 Å². The molecule has 0 aromatic heterocycles. The normalized spacial score (nSPS) is 14.2. The molecule has 0 nitrogen and oxygen atoms in total. The fraction of sp³-hybridized carbons (Fsp3) is 1.00. The van der Waals surface area contributed by atoms with E-state index in [4.69, 9.17) is 8.92 Å². The first-order chi connectivity index (χ1) is 7.86. The standard InChI is InChI=1S/4C4H9.ClH.2Sn/c4*1-4(2)3;;;/h4*1-3H3;1H;;/q;;;;;;+1/p-1. The van der Waals surface area contributed by atoms with Crippen LogP contribution in [0, 0.1) is 0 Å². The molecule has 3 heteroatoms. The summed E-state index contributed by atoms with van der Waals surface area (Å²) in [6.45, 7) is 27.8. The Labute approximate surface area is 144 Å². The molecule has 0 amide bonds. The minimum absolute atomic E-state index is 0.182. The number of hydrogen-bond donors (Lipinski definition) is 0. The summed E-state index contributed by atoms with van der Waals surface area (Å²) in [6, 6.07) is 0. The molecule has 0 rings (SSSR count). The topological polar surface area (TPSA) is 0 Å². The molecule has 0 bridgehead atoms. The second kappa shape index (κ2) is 7.94. The van der Waals surface area contributed by atoms with Crippen molar-refractivity contribution < 1.29 is 0 Å². The summed E-state index contributed by atoms with van der Waals surface area (Å²) >= 11 is -1.85. The van der Waals surface area contributed by atoms with Crippen molar-refractivity contribution in [3.8, 4) is 0 Å². The van der Waals surface area contributed by atoms with Gasteiger partial charge in [0, 0.05) is 0 Å². The molecule has 0 saturated carbocycles. The second-order valence-electron chi connectivity index (χ2n) is 9.44. The molecule has 115 valence electrons. The van der Waals surface area contributed by atoms with Crippen LogP contribution in [0.2, 0.25) is 13.7 Å². The van der Waals surface area contributed by atoms with E-state index < -0.39 is 18.6 Å². The molecule has 0 aliphatic carbocycles. The van der Waals surface area contributed by atoms with E-state index in [1.165, 1.54) is 0 Å². The van der Waals surface area contributed by atoms with Crippen molar-refractivity contribution in [2.24, 2.45) is 0 Å². The molecule has 0 aromatic rings. The van der Waals surface area contributed by atoms with E-state index in [0.29, 0.717) is 13.7 Å². The third kappa shape index (κ3) is 16.1. The van der Waals surface area contributed by atoms with Crippen molar-refractivity contribution in [2.45, 2.75) is 96.8 Å². The first kappa shape index (κ1) is 23.2. The predicted octanol–water partition coefficient (Wildman–Crippen LogP) is 6.94. The fourth-order valence-electron chi connectivity index (χ4n) is 2.25. The summed E-state index contributed by atoms with van der Waals surface area (Å²) in [5.41, 5.74) is 0. The molecule has 0 heterocycles. The van der Waals surface area contributed by atoms with Crippen LogP contribution in [0.1, 0.15) is 83.1 Å². The third-order valence-corrected chi connectivity index (χ3v) is 21.5. The van der Waals surface area contributed by atoms with Crippen molar-refractivity contribution in [1.82, 2.24) is 0 Å². The molecule has 0 aromatic carbocycles. The summed E-state index contributed by atoms with van der Waals surface area (Å²) in [7, 11) is 6.43. The van der Waals surface area contributed by atoms with Gasteiger partial charge in [0.1, 0.15) is 0 Å². The van der Waals surface area contributed by atoms with E-state index >= 15 is 0 Å². The van der Waals surface area contributed by atoms with Crippen molar-refractivity contribution in [3.05, 3.63) is 0 Å². The maximum atomic E-state index is 6.43. The van der Waals surface area contributed by atoms with Crippen LogP contribution in [0.3, 0.4) is 0 Å². The first-order valence-corrected chi connectivity index (χ1v) is 16.5. The molecule has 0 atom stereocenters. The zero-order valence-corrected chi connectivity index (χ0v) is 21.8. The van der Waals surface area contributed by atoms with Gasteiger partial charge in [0.25, 0.3) is 0 Å². The van der Waals surface area contributed by atoms with Crippen LogP contribution in [0.15, 0.2) is 0 Å². The van der Waals surface area contributed by atoms with Gasteiger partial charge in [-0.3, -0.25) is 0 Å². The Kier molecular flexibility index (Phi) is 9.68. The number of halogens is 1. The first-order valence-electron chi connectivity index (χ1n) is 7.19. The zero-order valence-electron chi connectivity index (χ0n) is 15.4. The van der Waals surface area contributed by atoms with Gasteiger partial charge in [-0.2, -0.15) is 0 Å². The average molecular weight is 501 g/mol. The van der Waals surface area contributed by atoms with Gasteiger partial charge in [0.15, 0.2) is 0 Å². The predicted molar refractivity (Wildman–Crippen MR) is 96.2 cm³/mol. The molecule has 19 heavy (non-hydrogen) atoms. The third-order valence-electron chi connectivity index (χ3n) is 2.07. The fourth-order valence-corrected chi connectivity index (χ4v) is 15.1. The number of hydrogen-bond acceptors (Lipinski definition) is 0. The van der Waals surface area contributed by atoms with Gasteiger partial charge in [-0.25, -0.2) is 0 Å². The Bertz CT molecular complexity index is 220. The molecule has 0 saturated heterocycles. The van der Waals surface area contributed by atoms with Gasteiger partial charge >= 0.3 is 146 Å². The van der Waals surface area contributed by atoms with Gasteiger partial charge in [-0.05, 0) is 0 Å². The Morgan fingerprint density at radius 1 is 0.579 bits per heavy atom. The maximum absolute atomic E-state index is 6.43. The molecular weight excluding hydrogens is 465 g/mol. The SMILES string of the molecule is C[C](C)(C)[Sn]([Cl])[C](C)(C)C.C[C](C)(C)[Sn][C](C)(C)C. The molecule has 0 aliphatic rings. The van der Waals surface area contributed by atoms with Crippen molar-refractivity contribution in [1.29, 1.82) is 0 Å². The summed E-state index contributed by atoms with van der Waals surface area (Å²) in [5, 5.41) is 0. The Hall–Kier alpha value is 1.89. The van der Waals surface area contributed by atoms with Crippen LogP contribution in [0.4, 0.5) is 0 Å². The molecule has 0 unspecified atom stereocenters. The van der Waals surface area contributed by atoms with Crippen LogP contribution in [0.5, 0.6) is 0 Å². The Balaban J connectivity index is 0. The molecule has 0 N–H and O–H groups in total. The quantitative estimate of drug-likeness (QED) is 0.316. The van der Waals surface area contributed by atoms with Crippen molar-refractivity contribution >= 4 is 48.7 Å². The van der Waals surface area contributed by atoms with Crippen LogP contribution in [-0.4, -0.2) is 39.8 Å². The van der Waals surface area contributed by atoms with E-state index in [1.807, 2.05) is 0 Å². The Morgan fingerprint density at radius 2 is 0.789 bits per heavy atom. The summed E-state index contributed by atoms with van der Waals surface area (Å²) < 4.78 is 2.12. The molecule has 3 radical (unpaired) electrons. The van der Waals surface area contributed by atoms with Crippen LogP contribution < -0.4 is 0 Å². The molecule has 0 aliphatic heterocycles. The van der Waals surface area contributed by atoms with Gasteiger partial charge in [0.2, 0.25) is 0 Å². The van der Waals surface area contributed by atoms with Crippen molar-refractivity contribution in [3.63, 3.8) is 0 Å². The van der Waals surface area contributed by atoms with E-state index in [2.05, 4.69) is 83.1 Å². The van der Waals surface area contributed by atoms with E-state index in [0.717, 1.165) is 0 Å².